The van der Waals surface area contributed by atoms with Crippen LogP contribution in [-0.4, -0.2) is 23.6 Å². The SMILES string of the molecule is CC(C)(C)OC(=O)N[C@@H]1Cc2cc(F)c(Cl)cc2NC1=O. The highest BCUT2D eigenvalue weighted by molar-refractivity contribution is 6.31. The zero-order valence-corrected chi connectivity index (χ0v) is 12.7. The fraction of sp³-hybridized carbons (Fsp3) is 0.429. The van der Waals surface area contributed by atoms with Gasteiger partial charge in [0.05, 0.1) is 5.02 Å². The zero-order valence-electron chi connectivity index (χ0n) is 11.9. The van der Waals surface area contributed by atoms with E-state index in [0.29, 0.717) is 11.3 Å². The van der Waals surface area contributed by atoms with Gasteiger partial charge >= 0.3 is 6.09 Å². The van der Waals surface area contributed by atoms with Crippen LogP contribution in [0.25, 0.3) is 0 Å². The molecule has 1 aliphatic heterocycles. The molecule has 0 aromatic heterocycles. The molecule has 0 spiro atoms. The highest BCUT2D eigenvalue weighted by Crippen LogP contribution is 2.28. The molecule has 5 nitrogen and oxygen atoms in total. The van der Waals surface area contributed by atoms with Crippen LogP contribution in [0.15, 0.2) is 12.1 Å². The first-order valence-corrected chi connectivity index (χ1v) is 6.82. The number of fused-ring (bicyclic) bond motifs is 1. The first kappa shape index (κ1) is 15.6. The lowest BCUT2D eigenvalue weighted by Crippen LogP contribution is -2.49. The van der Waals surface area contributed by atoms with Gasteiger partial charge in [-0.3, -0.25) is 4.79 Å². The van der Waals surface area contributed by atoms with Crippen LogP contribution >= 0.6 is 11.6 Å². The van der Waals surface area contributed by atoms with E-state index in [1.165, 1.54) is 12.1 Å². The van der Waals surface area contributed by atoms with E-state index in [0.717, 1.165) is 0 Å². The van der Waals surface area contributed by atoms with E-state index in [9.17, 15) is 14.0 Å². The Labute approximate surface area is 126 Å². The van der Waals surface area contributed by atoms with Crippen molar-refractivity contribution >= 4 is 29.3 Å². The van der Waals surface area contributed by atoms with Crippen LogP contribution in [0.1, 0.15) is 26.3 Å². The summed E-state index contributed by atoms with van der Waals surface area (Å²) in [5.41, 5.74) is 0.360. The molecule has 0 unspecified atom stereocenters. The molecule has 1 aliphatic rings. The van der Waals surface area contributed by atoms with Gasteiger partial charge in [0.2, 0.25) is 5.91 Å². The average molecular weight is 315 g/mol. The van der Waals surface area contributed by atoms with E-state index in [-0.39, 0.29) is 11.4 Å². The monoisotopic (exact) mass is 314 g/mol. The maximum Gasteiger partial charge on any atom is 0.408 e. The molecule has 114 valence electrons. The number of hydrogen-bond acceptors (Lipinski definition) is 3. The molecule has 7 heteroatoms. The number of benzene rings is 1. The van der Waals surface area contributed by atoms with Crippen molar-refractivity contribution < 1.29 is 18.7 Å². The molecule has 2 N–H and O–H groups in total. The molecule has 0 aliphatic carbocycles. The summed E-state index contributed by atoms with van der Waals surface area (Å²) < 4.78 is 18.6. The van der Waals surface area contributed by atoms with Crippen molar-refractivity contribution in [2.24, 2.45) is 0 Å². The number of carbonyl (C=O) groups excluding carboxylic acids is 2. The minimum atomic E-state index is -0.812. The summed E-state index contributed by atoms with van der Waals surface area (Å²) in [6.45, 7) is 5.17. The summed E-state index contributed by atoms with van der Waals surface area (Å²) in [7, 11) is 0. The Morgan fingerprint density at radius 1 is 1.48 bits per heavy atom. The number of halogens is 2. The molecule has 1 heterocycles. The van der Waals surface area contributed by atoms with Crippen molar-refractivity contribution in [1.82, 2.24) is 5.32 Å². The number of ether oxygens (including phenoxy) is 1. The van der Waals surface area contributed by atoms with Crippen LogP contribution in [0.5, 0.6) is 0 Å². The molecule has 0 saturated heterocycles. The minimum Gasteiger partial charge on any atom is -0.444 e. The second-order valence-electron chi connectivity index (χ2n) is 5.82. The highest BCUT2D eigenvalue weighted by atomic mass is 35.5. The summed E-state index contributed by atoms with van der Waals surface area (Å²) in [6, 6.07) is 1.79. The number of hydrogen-bond donors (Lipinski definition) is 2. The predicted octanol–water partition coefficient (Wildman–Crippen LogP) is 2.87. The van der Waals surface area contributed by atoms with Gasteiger partial charge in [-0.05, 0) is 38.5 Å². The lowest BCUT2D eigenvalue weighted by molar-refractivity contribution is -0.118. The molecule has 0 fully saturated rings. The van der Waals surface area contributed by atoms with Crippen LogP contribution in [0.4, 0.5) is 14.9 Å². The van der Waals surface area contributed by atoms with Gasteiger partial charge in [0.15, 0.2) is 0 Å². The molecular weight excluding hydrogens is 299 g/mol. The molecule has 0 bridgehead atoms. The highest BCUT2D eigenvalue weighted by Gasteiger charge is 2.30. The van der Waals surface area contributed by atoms with Crippen LogP contribution in [0.2, 0.25) is 5.02 Å². The van der Waals surface area contributed by atoms with E-state index in [1.54, 1.807) is 20.8 Å². The van der Waals surface area contributed by atoms with Gasteiger partial charge < -0.3 is 15.4 Å². The Kier molecular flexibility index (Phi) is 4.09. The number of anilines is 1. The third kappa shape index (κ3) is 3.85. The summed E-state index contributed by atoms with van der Waals surface area (Å²) in [5.74, 6) is -0.960. The number of alkyl carbamates (subject to hydrolysis) is 1. The molecule has 0 saturated carbocycles. The second kappa shape index (κ2) is 5.52. The maximum absolute atomic E-state index is 13.5. The molecule has 1 aromatic carbocycles. The number of rotatable bonds is 1. The van der Waals surface area contributed by atoms with Gasteiger partial charge in [0, 0.05) is 12.1 Å². The van der Waals surface area contributed by atoms with E-state index in [1.807, 2.05) is 0 Å². The largest absolute Gasteiger partial charge is 0.444 e. The Hall–Kier alpha value is -1.82. The van der Waals surface area contributed by atoms with E-state index < -0.39 is 29.5 Å². The lowest BCUT2D eigenvalue weighted by atomic mass is 9.99. The Morgan fingerprint density at radius 3 is 2.76 bits per heavy atom. The van der Waals surface area contributed by atoms with Gasteiger partial charge in [0.25, 0.3) is 0 Å². The summed E-state index contributed by atoms with van der Waals surface area (Å²) in [6.07, 6.45) is -0.519. The van der Waals surface area contributed by atoms with E-state index >= 15 is 0 Å². The van der Waals surface area contributed by atoms with Crippen molar-refractivity contribution in [2.75, 3.05) is 5.32 Å². The lowest BCUT2D eigenvalue weighted by Gasteiger charge is -2.27. The van der Waals surface area contributed by atoms with Crippen LogP contribution < -0.4 is 10.6 Å². The van der Waals surface area contributed by atoms with E-state index in [2.05, 4.69) is 10.6 Å². The molecule has 2 amide bonds. The third-order valence-corrected chi connectivity index (χ3v) is 3.13. The second-order valence-corrected chi connectivity index (χ2v) is 6.22. The first-order chi connectivity index (χ1) is 9.65. The van der Waals surface area contributed by atoms with Gasteiger partial charge in [-0.1, -0.05) is 11.6 Å². The minimum absolute atomic E-state index is 0.0624. The van der Waals surface area contributed by atoms with Gasteiger partial charge in [-0.25, -0.2) is 9.18 Å². The summed E-state index contributed by atoms with van der Waals surface area (Å²) >= 11 is 5.67. The molecular formula is C14H16ClFN2O3. The summed E-state index contributed by atoms with van der Waals surface area (Å²) in [5, 5.41) is 4.99. The van der Waals surface area contributed by atoms with Gasteiger partial charge in [0.1, 0.15) is 17.5 Å². The van der Waals surface area contributed by atoms with Gasteiger partial charge in [-0.15, -0.1) is 0 Å². The first-order valence-electron chi connectivity index (χ1n) is 6.44. The van der Waals surface area contributed by atoms with Crippen LogP contribution in [0, 0.1) is 5.82 Å². The summed E-state index contributed by atoms with van der Waals surface area (Å²) in [4.78, 5) is 23.6. The van der Waals surface area contributed by atoms with Crippen molar-refractivity contribution in [3.8, 4) is 0 Å². The molecule has 1 aromatic rings. The average Bonchev–Trinajstić information content (AvgIpc) is 2.30. The van der Waals surface area contributed by atoms with E-state index in [4.69, 9.17) is 16.3 Å². The van der Waals surface area contributed by atoms with Crippen LogP contribution in [0.3, 0.4) is 0 Å². The number of carbonyl (C=O) groups is 2. The maximum atomic E-state index is 13.5. The number of nitrogens with one attached hydrogen (secondary N) is 2. The molecule has 2 rings (SSSR count). The Bertz CT molecular complexity index is 599. The number of amides is 2. The third-order valence-electron chi connectivity index (χ3n) is 2.84. The van der Waals surface area contributed by atoms with Crippen molar-refractivity contribution in [3.05, 3.63) is 28.5 Å². The van der Waals surface area contributed by atoms with Crippen molar-refractivity contribution in [1.29, 1.82) is 0 Å². The Balaban J connectivity index is 2.12. The quantitative estimate of drug-likeness (QED) is 0.837. The van der Waals surface area contributed by atoms with Crippen molar-refractivity contribution in [2.45, 2.75) is 38.8 Å². The molecule has 21 heavy (non-hydrogen) atoms. The topological polar surface area (TPSA) is 67.4 Å². The fourth-order valence-electron chi connectivity index (χ4n) is 1.97. The normalized spacial score (nSPS) is 17.8. The zero-order chi connectivity index (χ0) is 15.8. The standard InChI is InChI=1S/C14H16ClFN2O3/c1-14(2,3)21-13(20)18-11-5-7-4-9(16)8(15)6-10(7)17-12(11)19/h4,6,11H,5H2,1-3H3,(H,17,19)(H,18,20)/t11-/m1/s1. The fourth-order valence-corrected chi connectivity index (χ4v) is 2.14. The smallest absolute Gasteiger partial charge is 0.408 e. The predicted molar refractivity (Wildman–Crippen MR) is 76.9 cm³/mol. The molecule has 1 atom stereocenters. The molecule has 0 radical (unpaired) electrons. The Morgan fingerprint density at radius 2 is 2.14 bits per heavy atom. The van der Waals surface area contributed by atoms with Gasteiger partial charge in [-0.2, -0.15) is 0 Å². The van der Waals surface area contributed by atoms with Crippen LogP contribution in [-0.2, 0) is 16.0 Å². The van der Waals surface area contributed by atoms with Crippen molar-refractivity contribution in [3.63, 3.8) is 0 Å².